The molecular formula is C17H20BrN3O3S. The number of nitrogens with zero attached hydrogens (tertiary/aromatic N) is 1. The number of aryl methyl sites for hydroxylation is 1. The molecule has 2 aliphatic rings. The standard InChI is InChI=1S/C17H20BrN3O3S/c1-10-7-11(18)3-4-12(10)20-14(22)8-19-16(24)13-9-25-17(2)6-5-15(23)21(13)17/h3-4,7,13H,5-6,8-9H2,1-2H3,(H,19,24)(H,20,22). The van der Waals surface area contributed by atoms with Gasteiger partial charge >= 0.3 is 0 Å². The number of rotatable bonds is 4. The van der Waals surface area contributed by atoms with Crippen molar-refractivity contribution < 1.29 is 14.4 Å². The summed E-state index contributed by atoms with van der Waals surface area (Å²) in [6, 6.07) is 5.06. The Morgan fingerprint density at radius 2 is 2.20 bits per heavy atom. The number of hydrogen-bond donors (Lipinski definition) is 2. The molecule has 3 amide bonds. The first-order chi connectivity index (χ1) is 11.8. The predicted octanol–water partition coefficient (Wildman–Crippen LogP) is 2.27. The number of carbonyl (C=O) groups excluding carboxylic acids is 3. The van der Waals surface area contributed by atoms with E-state index in [1.807, 2.05) is 26.0 Å². The largest absolute Gasteiger partial charge is 0.345 e. The minimum Gasteiger partial charge on any atom is -0.345 e. The molecule has 0 bridgehead atoms. The Balaban J connectivity index is 1.55. The molecule has 0 aliphatic carbocycles. The second kappa shape index (κ2) is 6.99. The Hall–Kier alpha value is -1.54. The molecule has 3 rings (SSSR count). The molecule has 134 valence electrons. The fourth-order valence-electron chi connectivity index (χ4n) is 3.26. The van der Waals surface area contributed by atoms with Gasteiger partial charge in [-0.15, -0.1) is 11.8 Å². The molecule has 1 aromatic carbocycles. The highest BCUT2D eigenvalue weighted by molar-refractivity contribution is 9.10. The Morgan fingerprint density at radius 1 is 1.44 bits per heavy atom. The Kier molecular flexibility index (Phi) is 5.11. The number of fused-ring (bicyclic) bond motifs is 1. The van der Waals surface area contributed by atoms with Crippen molar-refractivity contribution in [3.05, 3.63) is 28.2 Å². The van der Waals surface area contributed by atoms with Crippen LogP contribution in [0.4, 0.5) is 5.69 Å². The summed E-state index contributed by atoms with van der Waals surface area (Å²) in [6.45, 7) is 3.78. The Morgan fingerprint density at radius 3 is 2.92 bits per heavy atom. The summed E-state index contributed by atoms with van der Waals surface area (Å²) in [7, 11) is 0. The van der Waals surface area contributed by atoms with E-state index in [0.717, 1.165) is 16.5 Å². The van der Waals surface area contributed by atoms with Crippen molar-refractivity contribution in [3.63, 3.8) is 0 Å². The van der Waals surface area contributed by atoms with Crippen LogP contribution in [0.25, 0.3) is 0 Å². The molecule has 2 heterocycles. The Bertz CT molecular complexity index is 742. The van der Waals surface area contributed by atoms with Gasteiger partial charge in [-0.1, -0.05) is 15.9 Å². The van der Waals surface area contributed by atoms with Crippen LogP contribution in [-0.2, 0) is 14.4 Å². The van der Waals surface area contributed by atoms with Gasteiger partial charge < -0.3 is 15.5 Å². The van der Waals surface area contributed by atoms with Gasteiger partial charge in [-0.25, -0.2) is 0 Å². The molecule has 0 aromatic heterocycles. The summed E-state index contributed by atoms with van der Waals surface area (Å²) in [5.74, 6) is 0.0262. The van der Waals surface area contributed by atoms with E-state index in [9.17, 15) is 14.4 Å². The van der Waals surface area contributed by atoms with E-state index in [1.54, 1.807) is 22.7 Å². The van der Waals surface area contributed by atoms with Gasteiger partial charge in [0.05, 0.1) is 11.4 Å². The van der Waals surface area contributed by atoms with Gasteiger partial charge in [0.1, 0.15) is 6.04 Å². The third-order valence-electron chi connectivity index (χ3n) is 4.63. The number of nitrogens with one attached hydrogen (secondary N) is 2. The van der Waals surface area contributed by atoms with Crippen molar-refractivity contribution in [3.8, 4) is 0 Å². The zero-order valence-electron chi connectivity index (χ0n) is 14.1. The molecule has 25 heavy (non-hydrogen) atoms. The molecule has 2 unspecified atom stereocenters. The van der Waals surface area contributed by atoms with Crippen molar-refractivity contribution in [2.45, 2.75) is 37.6 Å². The molecule has 6 nitrogen and oxygen atoms in total. The molecule has 1 aromatic rings. The number of halogens is 1. The van der Waals surface area contributed by atoms with E-state index in [1.165, 1.54) is 0 Å². The fourth-order valence-corrected chi connectivity index (χ4v) is 5.17. The van der Waals surface area contributed by atoms with Crippen LogP contribution in [0.5, 0.6) is 0 Å². The maximum absolute atomic E-state index is 12.4. The van der Waals surface area contributed by atoms with Gasteiger partial charge in [-0.3, -0.25) is 14.4 Å². The Labute approximate surface area is 159 Å². The van der Waals surface area contributed by atoms with E-state index >= 15 is 0 Å². The lowest BCUT2D eigenvalue weighted by molar-refractivity contribution is -0.138. The summed E-state index contributed by atoms with van der Waals surface area (Å²) < 4.78 is 0.938. The summed E-state index contributed by atoms with van der Waals surface area (Å²) in [5, 5.41) is 5.44. The highest BCUT2D eigenvalue weighted by Crippen LogP contribution is 2.47. The van der Waals surface area contributed by atoms with Gasteiger partial charge in [-0.05, 0) is 44.0 Å². The first-order valence-corrected chi connectivity index (χ1v) is 9.88. The fraction of sp³-hybridized carbons (Fsp3) is 0.471. The van der Waals surface area contributed by atoms with Crippen LogP contribution in [0, 0.1) is 6.92 Å². The number of hydrogen-bond acceptors (Lipinski definition) is 4. The van der Waals surface area contributed by atoms with Crippen LogP contribution >= 0.6 is 27.7 Å². The van der Waals surface area contributed by atoms with Crippen LogP contribution in [-0.4, -0.2) is 45.8 Å². The molecule has 0 radical (unpaired) electrons. The van der Waals surface area contributed by atoms with Crippen LogP contribution in [0.3, 0.4) is 0 Å². The average Bonchev–Trinajstić information content (AvgIpc) is 3.04. The molecule has 0 spiro atoms. The molecule has 2 atom stereocenters. The molecule has 2 saturated heterocycles. The molecule has 2 aliphatic heterocycles. The summed E-state index contributed by atoms with van der Waals surface area (Å²) >= 11 is 5.01. The van der Waals surface area contributed by atoms with E-state index < -0.39 is 6.04 Å². The lowest BCUT2D eigenvalue weighted by Crippen LogP contribution is -2.51. The topological polar surface area (TPSA) is 78.5 Å². The van der Waals surface area contributed by atoms with Crippen LogP contribution in [0.2, 0.25) is 0 Å². The first kappa shape index (κ1) is 18.3. The van der Waals surface area contributed by atoms with E-state index in [2.05, 4.69) is 26.6 Å². The minimum absolute atomic E-state index is 0.0163. The van der Waals surface area contributed by atoms with Crippen molar-refractivity contribution in [2.75, 3.05) is 17.6 Å². The maximum Gasteiger partial charge on any atom is 0.244 e. The zero-order valence-corrected chi connectivity index (χ0v) is 16.5. The third kappa shape index (κ3) is 3.69. The van der Waals surface area contributed by atoms with Crippen LogP contribution in [0.1, 0.15) is 25.3 Å². The summed E-state index contributed by atoms with van der Waals surface area (Å²) in [5.41, 5.74) is 1.64. The van der Waals surface area contributed by atoms with Crippen molar-refractivity contribution in [2.24, 2.45) is 0 Å². The van der Waals surface area contributed by atoms with E-state index in [0.29, 0.717) is 17.9 Å². The monoisotopic (exact) mass is 425 g/mol. The lowest BCUT2D eigenvalue weighted by atomic mass is 10.2. The quantitative estimate of drug-likeness (QED) is 0.775. The van der Waals surface area contributed by atoms with Crippen molar-refractivity contribution >= 4 is 51.1 Å². The molecular weight excluding hydrogens is 406 g/mol. The van der Waals surface area contributed by atoms with Crippen LogP contribution < -0.4 is 10.6 Å². The van der Waals surface area contributed by atoms with Gasteiger partial charge in [0.25, 0.3) is 0 Å². The molecule has 2 fully saturated rings. The minimum atomic E-state index is -0.493. The average molecular weight is 426 g/mol. The lowest BCUT2D eigenvalue weighted by Gasteiger charge is -2.29. The zero-order chi connectivity index (χ0) is 18.2. The van der Waals surface area contributed by atoms with E-state index in [-0.39, 0.29) is 29.1 Å². The summed E-state index contributed by atoms with van der Waals surface area (Å²) in [6.07, 6.45) is 1.25. The molecule has 0 saturated carbocycles. The van der Waals surface area contributed by atoms with E-state index in [4.69, 9.17) is 0 Å². The SMILES string of the molecule is Cc1cc(Br)ccc1NC(=O)CNC(=O)C1CSC2(C)CCC(=O)N12. The van der Waals surface area contributed by atoms with Gasteiger partial charge in [-0.2, -0.15) is 0 Å². The second-order valence-corrected chi connectivity index (χ2v) is 8.91. The number of benzene rings is 1. The molecule has 2 N–H and O–H groups in total. The smallest absolute Gasteiger partial charge is 0.244 e. The van der Waals surface area contributed by atoms with Crippen molar-refractivity contribution in [1.29, 1.82) is 0 Å². The summed E-state index contributed by atoms with van der Waals surface area (Å²) in [4.78, 5) is 38.0. The normalized spacial score (nSPS) is 25.0. The highest BCUT2D eigenvalue weighted by Gasteiger charge is 2.52. The van der Waals surface area contributed by atoms with Gasteiger partial charge in [0.15, 0.2) is 0 Å². The third-order valence-corrected chi connectivity index (χ3v) is 6.63. The number of thioether (sulfide) groups is 1. The maximum atomic E-state index is 12.4. The second-order valence-electron chi connectivity index (χ2n) is 6.49. The van der Waals surface area contributed by atoms with Crippen molar-refractivity contribution in [1.82, 2.24) is 10.2 Å². The molecule has 8 heteroatoms. The number of carbonyl (C=O) groups is 3. The number of amides is 3. The van der Waals surface area contributed by atoms with Crippen LogP contribution in [0.15, 0.2) is 22.7 Å². The highest BCUT2D eigenvalue weighted by atomic mass is 79.9. The number of anilines is 1. The van der Waals surface area contributed by atoms with Gasteiger partial charge in [0, 0.05) is 22.3 Å². The predicted molar refractivity (Wildman–Crippen MR) is 101 cm³/mol. The van der Waals surface area contributed by atoms with Gasteiger partial charge in [0.2, 0.25) is 17.7 Å². The first-order valence-electron chi connectivity index (χ1n) is 8.10.